The quantitative estimate of drug-likeness (QED) is 0.620. The zero-order valence-electron chi connectivity index (χ0n) is 11.8. The highest BCUT2D eigenvalue weighted by molar-refractivity contribution is 5.52. The van der Waals surface area contributed by atoms with Crippen LogP contribution in [0.3, 0.4) is 0 Å². The highest BCUT2D eigenvalue weighted by Gasteiger charge is 2.06. The summed E-state index contributed by atoms with van der Waals surface area (Å²) < 4.78 is 1.94. The van der Waals surface area contributed by atoms with E-state index in [1.54, 1.807) is 0 Å². The van der Waals surface area contributed by atoms with Crippen LogP contribution in [0.5, 0.6) is 0 Å². The molecule has 2 heterocycles. The van der Waals surface area contributed by atoms with Crippen molar-refractivity contribution < 1.29 is 0 Å². The van der Waals surface area contributed by atoms with Gasteiger partial charge in [0.15, 0.2) is 5.82 Å². The second-order valence-corrected chi connectivity index (χ2v) is 4.92. The summed E-state index contributed by atoms with van der Waals surface area (Å²) >= 11 is 0. The summed E-state index contributed by atoms with van der Waals surface area (Å²) in [6, 6.07) is 12.0. The predicted octanol–water partition coefficient (Wildman–Crippen LogP) is 4.67. The second-order valence-electron chi connectivity index (χ2n) is 4.92. The van der Waals surface area contributed by atoms with Crippen LogP contribution in [0.2, 0.25) is 0 Å². The Hall–Kier alpha value is -2.49. The normalized spacial score (nSPS) is 11.6. The first kappa shape index (κ1) is 12.5. The minimum atomic E-state index is 0.777. The molecule has 0 N–H and O–H groups in total. The van der Waals surface area contributed by atoms with Crippen LogP contribution in [0.15, 0.2) is 52.8 Å². The first-order chi connectivity index (χ1) is 9.65. The Morgan fingerprint density at radius 1 is 0.950 bits per heavy atom. The van der Waals surface area contributed by atoms with E-state index in [-0.39, 0.29) is 0 Å². The average molecular weight is 264 g/mol. The number of hydrogen-bond donors (Lipinski definition) is 0. The van der Waals surface area contributed by atoms with Gasteiger partial charge in [0.1, 0.15) is 5.65 Å². The Morgan fingerprint density at radius 2 is 1.80 bits per heavy atom. The van der Waals surface area contributed by atoms with Crippen LogP contribution in [0.25, 0.3) is 5.65 Å². The number of azo groups is 1. The van der Waals surface area contributed by atoms with E-state index in [1.807, 2.05) is 47.9 Å². The summed E-state index contributed by atoms with van der Waals surface area (Å²) in [7, 11) is 0. The topological polar surface area (TPSA) is 42.0 Å². The molecule has 0 atom stereocenters. The molecular weight excluding hydrogens is 248 g/mol. The maximum Gasteiger partial charge on any atom is 0.182 e. The number of imidazole rings is 1. The Bertz CT molecular complexity index is 799. The van der Waals surface area contributed by atoms with Crippen LogP contribution in [0.4, 0.5) is 11.5 Å². The lowest BCUT2D eigenvalue weighted by atomic mass is 10.1. The molecule has 20 heavy (non-hydrogen) atoms. The fourth-order valence-electron chi connectivity index (χ4n) is 2.11. The van der Waals surface area contributed by atoms with Crippen molar-refractivity contribution in [2.75, 3.05) is 0 Å². The van der Waals surface area contributed by atoms with E-state index < -0.39 is 0 Å². The zero-order chi connectivity index (χ0) is 14.1. The molecule has 4 heteroatoms. The number of aryl methyl sites for hydroxylation is 3. The molecule has 2 aromatic heterocycles. The number of fused-ring (bicyclic) bond motifs is 1. The van der Waals surface area contributed by atoms with Crippen molar-refractivity contribution in [1.29, 1.82) is 0 Å². The summed E-state index contributed by atoms with van der Waals surface area (Å²) in [5.41, 5.74) is 5.10. The third kappa shape index (κ3) is 2.20. The van der Waals surface area contributed by atoms with Crippen molar-refractivity contribution in [3.05, 3.63) is 59.4 Å². The second kappa shape index (κ2) is 4.89. The molecule has 0 bridgehead atoms. The number of rotatable bonds is 2. The van der Waals surface area contributed by atoms with E-state index in [0.29, 0.717) is 0 Å². The van der Waals surface area contributed by atoms with E-state index >= 15 is 0 Å². The Labute approximate surface area is 117 Å². The van der Waals surface area contributed by atoms with E-state index in [4.69, 9.17) is 0 Å². The van der Waals surface area contributed by atoms with Gasteiger partial charge in [-0.1, -0.05) is 12.1 Å². The van der Waals surface area contributed by atoms with Gasteiger partial charge >= 0.3 is 0 Å². The number of pyridine rings is 1. The molecule has 3 rings (SSSR count). The fourth-order valence-corrected chi connectivity index (χ4v) is 2.11. The SMILES string of the molecule is Cc1ccc(N=Nc2c(C)nc3ccccn23)cc1C. The lowest BCUT2D eigenvalue weighted by Gasteiger charge is -2.00. The van der Waals surface area contributed by atoms with Gasteiger partial charge in [0, 0.05) is 6.20 Å². The molecule has 0 saturated heterocycles. The van der Waals surface area contributed by atoms with Gasteiger partial charge in [-0.15, -0.1) is 10.2 Å². The Kier molecular flexibility index (Phi) is 3.06. The van der Waals surface area contributed by atoms with Crippen molar-refractivity contribution in [3.63, 3.8) is 0 Å². The van der Waals surface area contributed by atoms with E-state index in [2.05, 4.69) is 35.1 Å². The highest BCUT2D eigenvalue weighted by atomic mass is 15.2. The molecular formula is C16H16N4. The number of benzene rings is 1. The molecule has 3 aromatic rings. The molecule has 1 aromatic carbocycles. The smallest absolute Gasteiger partial charge is 0.182 e. The van der Waals surface area contributed by atoms with Crippen LogP contribution >= 0.6 is 0 Å². The molecule has 0 aliphatic carbocycles. The van der Waals surface area contributed by atoms with Crippen molar-refractivity contribution in [2.45, 2.75) is 20.8 Å². The van der Waals surface area contributed by atoms with Crippen LogP contribution in [-0.2, 0) is 0 Å². The van der Waals surface area contributed by atoms with Gasteiger partial charge < -0.3 is 0 Å². The largest absolute Gasteiger partial charge is 0.283 e. The number of hydrogen-bond acceptors (Lipinski definition) is 3. The summed E-state index contributed by atoms with van der Waals surface area (Å²) in [6.45, 7) is 6.11. The summed E-state index contributed by atoms with van der Waals surface area (Å²) in [6.07, 6.45) is 1.95. The van der Waals surface area contributed by atoms with Gasteiger partial charge in [-0.05, 0) is 56.2 Å². The number of aromatic nitrogens is 2. The van der Waals surface area contributed by atoms with Gasteiger partial charge in [-0.3, -0.25) is 4.40 Å². The monoisotopic (exact) mass is 264 g/mol. The summed E-state index contributed by atoms with van der Waals surface area (Å²) in [4.78, 5) is 4.47. The highest BCUT2D eigenvalue weighted by Crippen LogP contribution is 2.24. The van der Waals surface area contributed by atoms with Gasteiger partial charge in [-0.2, -0.15) is 0 Å². The van der Waals surface area contributed by atoms with E-state index in [0.717, 1.165) is 22.8 Å². The minimum Gasteiger partial charge on any atom is -0.283 e. The Balaban J connectivity index is 2.02. The molecule has 0 aliphatic heterocycles. The predicted molar refractivity (Wildman–Crippen MR) is 80.0 cm³/mol. The van der Waals surface area contributed by atoms with Crippen molar-refractivity contribution in [3.8, 4) is 0 Å². The van der Waals surface area contributed by atoms with Gasteiger partial charge in [0.25, 0.3) is 0 Å². The minimum absolute atomic E-state index is 0.777. The standard InChI is InChI=1S/C16H16N4/c1-11-7-8-14(10-12(11)2)18-19-16-13(3)17-15-6-4-5-9-20(15)16/h4-10H,1-3H3. The molecule has 0 fully saturated rings. The molecule has 0 spiro atoms. The van der Waals surface area contributed by atoms with E-state index in [9.17, 15) is 0 Å². The van der Waals surface area contributed by atoms with Gasteiger partial charge in [-0.25, -0.2) is 4.98 Å². The molecule has 100 valence electrons. The number of nitrogens with zero attached hydrogens (tertiary/aromatic N) is 4. The van der Waals surface area contributed by atoms with Gasteiger partial charge in [0.2, 0.25) is 0 Å². The average Bonchev–Trinajstić information content (AvgIpc) is 2.76. The van der Waals surface area contributed by atoms with Crippen LogP contribution in [0.1, 0.15) is 16.8 Å². The van der Waals surface area contributed by atoms with Crippen LogP contribution < -0.4 is 0 Å². The third-order valence-electron chi connectivity index (χ3n) is 3.42. The first-order valence-corrected chi connectivity index (χ1v) is 6.58. The zero-order valence-corrected chi connectivity index (χ0v) is 11.8. The summed E-state index contributed by atoms with van der Waals surface area (Å²) in [5, 5.41) is 8.69. The molecule has 4 nitrogen and oxygen atoms in total. The van der Waals surface area contributed by atoms with Crippen LogP contribution in [0, 0.1) is 20.8 Å². The maximum absolute atomic E-state index is 4.47. The van der Waals surface area contributed by atoms with Gasteiger partial charge in [0.05, 0.1) is 11.4 Å². The van der Waals surface area contributed by atoms with Crippen LogP contribution in [-0.4, -0.2) is 9.38 Å². The summed E-state index contributed by atoms with van der Waals surface area (Å²) in [5.74, 6) is 0.777. The van der Waals surface area contributed by atoms with Crippen molar-refractivity contribution in [1.82, 2.24) is 9.38 Å². The molecule has 0 unspecified atom stereocenters. The van der Waals surface area contributed by atoms with Crippen molar-refractivity contribution in [2.24, 2.45) is 10.2 Å². The maximum atomic E-state index is 4.47. The fraction of sp³-hybridized carbons (Fsp3) is 0.188. The molecule has 0 saturated carbocycles. The van der Waals surface area contributed by atoms with E-state index in [1.165, 1.54) is 11.1 Å². The third-order valence-corrected chi connectivity index (χ3v) is 3.42. The molecule has 0 radical (unpaired) electrons. The lowest BCUT2D eigenvalue weighted by molar-refractivity contribution is 1.09. The Morgan fingerprint density at radius 3 is 2.60 bits per heavy atom. The first-order valence-electron chi connectivity index (χ1n) is 6.58. The molecule has 0 amide bonds. The molecule has 0 aliphatic rings. The lowest BCUT2D eigenvalue weighted by Crippen LogP contribution is -1.81. The van der Waals surface area contributed by atoms with Crippen molar-refractivity contribution >= 4 is 17.2 Å².